The van der Waals surface area contributed by atoms with Gasteiger partial charge in [-0.15, -0.1) is 6.58 Å². The Morgan fingerprint density at radius 3 is 2.71 bits per heavy atom. The molecule has 0 aliphatic heterocycles. The Morgan fingerprint density at radius 1 is 1.53 bits per heavy atom. The van der Waals surface area contributed by atoms with Gasteiger partial charge in [0, 0.05) is 13.1 Å². The minimum Gasteiger partial charge on any atom is -0.389 e. The van der Waals surface area contributed by atoms with Crippen LogP contribution in [-0.2, 0) is 0 Å². The van der Waals surface area contributed by atoms with Gasteiger partial charge in [-0.25, -0.2) is 4.39 Å². The molecule has 0 heterocycles. The Bertz CT molecular complexity index is 376. The van der Waals surface area contributed by atoms with Crippen LogP contribution in [0.3, 0.4) is 0 Å². The number of aliphatic hydroxyl groups excluding tert-OH is 1. The SMILES string of the molecule is C=CCN(CCC)c1ccc([C@H](C)O)cc1F. The predicted octanol–water partition coefficient (Wildman–Crippen LogP) is 3.28. The molecule has 0 amide bonds. The fraction of sp³-hybridized carbons (Fsp3) is 0.429. The van der Waals surface area contributed by atoms with Crippen molar-refractivity contribution < 1.29 is 9.50 Å². The van der Waals surface area contributed by atoms with E-state index in [9.17, 15) is 9.50 Å². The van der Waals surface area contributed by atoms with Crippen molar-refractivity contribution in [1.82, 2.24) is 0 Å². The lowest BCUT2D eigenvalue weighted by Gasteiger charge is -2.23. The van der Waals surface area contributed by atoms with Crippen LogP contribution in [0.4, 0.5) is 10.1 Å². The van der Waals surface area contributed by atoms with E-state index >= 15 is 0 Å². The highest BCUT2D eigenvalue weighted by Crippen LogP contribution is 2.23. The molecule has 1 aromatic carbocycles. The fourth-order valence-electron chi connectivity index (χ4n) is 1.78. The number of nitrogens with zero attached hydrogens (tertiary/aromatic N) is 1. The summed E-state index contributed by atoms with van der Waals surface area (Å²) >= 11 is 0. The second-order valence-electron chi connectivity index (χ2n) is 4.12. The molecule has 0 spiro atoms. The quantitative estimate of drug-likeness (QED) is 0.767. The molecule has 0 radical (unpaired) electrons. The first-order valence-electron chi connectivity index (χ1n) is 5.93. The molecule has 0 saturated carbocycles. The number of halogens is 1. The lowest BCUT2D eigenvalue weighted by molar-refractivity contribution is 0.199. The summed E-state index contributed by atoms with van der Waals surface area (Å²) in [6, 6.07) is 4.87. The van der Waals surface area contributed by atoms with Crippen molar-refractivity contribution in [3.05, 3.63) is 42.2 Å². The minimum absolute atomic E-state index is 0.293. The molecule has 1 atom stereocenters. The van der Waals surface area contributed by atoms with E-state index in [2.05, 4.69) is 13.5 Å². The van der Waals surface area contributed by atoms with Gasteiger partial charge in [0.25, 0.3) is 0 Å². The summed E-state index contributed by atoms with van der Waals surface area (Å²) in [6.45, 7) is 8.77. The summed E-state index contributed by atoms with van der Waals surface area (Å²) < 4.78 is 13.9. The maximum absolute atomic E-state index is 13.9. The van der Waals surface area contributed by atoms with E-state index in [1.54, 1.807) is 25.1 Å². The number of rotatable bonds is 6. The first-order valence-corrected chi connectivity index (χ1v) is 5.93. The summed E-state index contributed by atoms with van der Waals surface area (Å²) in [5, 5.41) is 9.39. The van der Waals surface area contributed by atoms with Crippen LogP contribution in [0.25, 0.3) is 0 Å². The van der Waals surface area contributed by atoms with Gasteiger partial charge in [0.15, 0.2) is 0 Å². The zero-order chi connectivity index (χ0) is 12.8. The molecule has 0 unspecified atom stereocenters. The van der Waals surface area contributed by atoms with Gasteiger partial charge in [-0.1, -0.05) is 19.1 Å². The Labute approximate surface area is 102 Å². The van der Waals surface area contributed by atoms with E-state index in [0.29, 0.717) is 17.8 Å². The van der Waals surface area contributed by atoms with Crippen LogP contribution in [-0.4, -0.2) is 18.2 Å². The molecule has 3 heteroatoms. The average Bonchev–Trinajstić information content (AvgIpc) is 2.28. The Kier molecular flexibility index (Phi) is 5.16. The van der Waals surface area contributed by atoms with Gasteiger partial charge < -0.3 is 10.0 Å². The van der Waals surface area contributed by atoms with E-state index in [-0.39, 0.29) is 5.82 Å². The van der Waals surface area contributed by atoms with E-state index in [1.807, 2.05) is 4.90 Å². The minimum atomic E-state index is -0.641. The lowest BCUT2D eigenvalue weighted by atomic mass is 10.1. The summed E-state index contributed by atoms with van der Waals surface area (Å²) in [4.78, 5) is 1.94. The maximum Gasteiger partial charge on any atom is 0.146 e. The third-order valence-corrected chi connectivity index (χ3v) is 2.64. The van der Waals surface area contributed by atoms with Gasteiger partial charge in [0.2, 0.25) is 0 Å². The van der Waals surface area contributed by atoms with Crippen LogP contribution in [0, 0.1) is 5.82 Å². The third kappa shape index (κ3) is 3.56. The zero-order valence-corrected chi connectivity index (χ0v) is 10.5. The van der Waals surface area contributed by atoms with Crippen molar-refractivity contribution in [1.29, 1.82) is 0 Å². The van der Waals surface area contributed by atoms with Gasteiger partial charge in [-0.05, 0) is 31.0 Å². The molecule has 0 aliphatic carbocycles. The molecule has 0 fully saturated rings. The monoisotopic (exact) mass is 237 g/mol. The van der Waals surface area contributed by atoms with Crippen LogP contribution in [0.5, 0.6) is 0 Å². The first-order chi connectivity index (χ1) is 8.10. The summed E-state index contributed by atoms with van der Waals surface area (Å²) in [7, 11) is 0. The summed E-state index contributed by atoms with van der Waals surface area (Å²) in [5.74, 6) is -0.293. The largest absolute Gasteiger partial charge is 0.389 e. The molecule has 0 aromatic heterocycles. The second kappa shape index (κ2) is 6.40. The van der Waals surface area contributed by atoms with Crippen LogP contribution >= 0.6 is 0 Å². The number of hydrogen-bond acceptors (Lipinski definition) is 2. The van der Waals surface area contributed by atoms with E-state index < -0.39 is 6.10 Å². The van der Waals surface area contributed by atoms with Crippen LogP contribution in [0.1, 0.15) is 31.9 Å². The average molecular weight is 237 g/mol. The van der Waals surface area contributed by atoms with E-state index in [1.165, 1.54) is 6.07 Å². The highest BCUT2D eigenvalue weighted by Gasteiger charge is 2.11. The first kappa shape index (κ1) is 13.7. The van der Waals surface area contributed by atoms with Gasteiger partial charge in [-0.3, -0.25) is 0 Å². The molecular formula is C14H20FNO. The van der Waals surface area contributed by atoms with E-state index in [4.69, 9.17) is 0 Å². The zero-order valence-electron chi connectivity index (χ0n) is 10.5. The summed E-state index contributed by atoms with van der Waals surface area (Å²) in [6.07, 6.45) is 2.07. The Hall–Kier alpha value is -1.35. The normalized spacial score (nSPS) is 12.2. The van der Waals surface area contributed by atoms with Crippen LogP contribution in [0.2, 0.25) is 0 Å². The van der Waals surface area contributed by atoms with Gasteiger partial charge in [-0.2, -0.15) is 0 Å². The third-order valence-electron chi connectivity index (χ3n) is 2.64. The number of aliphatic hydroxyl groups is 1. The van der Waals surface area contributed by atoms with Crippen molar-refractivity contribution in [3.63, 3.8) is 0 Å². The predicted molar refractivity (Wildman–Crippen MR) is 69.7 cm³/mol. The van der Waals surface area contributed by atoms with Gasteiger partial charge in [0.1, 0.15) is 5.82 Å². The Balaban J connectivity index is 2.99. The molecular weight excluding hydrogens is 217 g/mol. The molecule has 1 aromatic rings. The topological polar surface area (TPSA) is 23.5 Å². The molecule has 2 nitrogen and oxygen atoms in total. The van der Waals surface area contributed by atoms with Crippen molar-refractivity contribution in [2.24, 2.45) is 0 Å². The van der Waals surface area contributed by atoms with Crippen LogP contribution in [0.15, 0.2) is 30.9 Å². The Morgan fingerprint density at radius 2 is 2.24 bits per heavy atom. The summed E-state index contributed by atoms with van der Waals surface area (Å²) in [5.41, 5.74) is 1.16. The molecule has 0 aliphatic rings. The number of hydrogen-bond donors (Lipinski definition) is 1. The fourth-order valence-corrected chi connectivity index (χ4v) is 1.78. The maximum atomic E-state index is 13.9. The molecule has 94 valence electrons. The van der Waals surface area contributed by atoms with E-state index in [0.717, 1.165) is 13.0 Å². The number of anilines is 1. The molecule has 0 bridgehead atoms. The molecule has 17 heavy (non-hydrogen) atoms. The molecule has 1 rings (SSSR count). The van der Waals surface area contributed by atoms with Crippen molar-refractivity contribution in [2.45, 2.75) is 26.4 Å². The second-order valence-corrected chi connectivity index (χ2v) is 4.12. The standard InChI is InChI=1S/C14H20FNO/c1-4-8-16(9-5-2)14-7-6-12(11(3)17)10-13(14)15/h4,6-7,10-11,17H,1,5,8-9H2,2-3H3/t11-/m0/s1. The van der Waals surface area contributed by atoms with Gasteiger partial charge >= 0.3 is 0 Å². The number of benzene rings is 1. The van der Waals surface area contributed by atoms with Crippen molar-refractivity contribution >= 4 is 5.69 Å². The molecule has 0 saturated heterocycles. The van der Waals surface area contributed by atoms with Crippen molar-refractivity contribution in [2.75, 3.05) is 18.0 Å². The van der Waals surface area contributed by atoms with Crippen molar-refractivity contribution in [3.8, 4) is 0 Å². The lowest BCUT2D eigenvalue weighted by Crippen LogP contribution is -2.25. The molecule has 1 N–H and O–H groups in total. The highest BCUT2D eigenvalue weighted by molar-refractivity contribution is 5.50. The van der Waals surface area contributed by atoms with Crippen LogP contribution < -0.4 is 4.90 Å². The highest BCUT2D eigenvalue weighted by atomic mass is 19.1. The smallest absolute Gasteiger partial charge is 0.146 e. The van der Waals surface area contributed by atoms with Gasteiger partial charge in [0.05, 0.1) is 11.8 Å².